The highest BCUT2D eigenvalue weighted by Gasteiger charge is 2.58. The molecule has 39 heavy (non-hydrogen) atoms. The van der Waals surface area contributed by atoms with Crippen LogP contribution in [0.1, 0.15) is 63.3 Å². The van der Waals surface area contributed by atoms with Crippen molar-refractivity contribution in [1.29, 1.82) is 0 Å². The van der Waals surface area contributed by atoms with Gasteiger partial charge in [-0.3, -0.25) is 0 Å². The number of terminal acetylenes is 1. The van der Waals surface area contributed by atoms with Gasteiger partial charge in [0.05, 0.1) is 19.3 Å². The van der Waals surface area contributed by atoms with Crippen molar-refractivity contribution in [3.05, 3.63) is 58.2 Å². The summed E-state index contributed by atoms with van der Waals surface area (Å²) in [5, 5.41) is 32.1. The van der Waals surface area contributed by atoms with Crippen molar-refractivity contribution in [2.24, 2.45) is 11.3 Å². The molecule has 0 unspecified atom stereocenters. The molecular weight excluding hydrogens is 492 g/mol. The van der Waals surface area contributed by atoms with Crippen LogP contribution in [0.25, 0.3) is 12.2 Å². The smallest absolute Gasteiger partial charge is 0.165 e. The van der Waals surface area contributed by atoms with Gasteiger partial charge in [-0.05, 0) is 74.6 Å². The van der Waals surface area contributed by atoms with Crippen molar-refractivity contribution in [3.8, 4) is 35.3 Å². The summed E-state index contributed by atoms with van der Waals surface area (Å²) >= 11 is 0. The number of benzene rings is 2. The molecule has 2 aromatic carbocycles. The summed E-state index contributed by atoms with van der Waals surface area (Å²) in [7, 11) is 1.61. The summed E-state index contributed by atoms with van der Waals surface area (Å²) in [4.78, 5) is 0. The van der Waals surface area contributed by atoms with Crippen LogP contribution in [0.2, 0.25) is 0 Å². The van der Waals surface area contributed by atoms with Crippen LogP contribution in [0.4, 0.5) is 0 Å². The van der Waals surface area contributed by atoms with Gasteiger partial charge in [-0.15, -0.1) is 6.42 Å². The predicted molar refractivity (Wildman–Crippen MR) is 154 cm³/mol. The zero-order valence-corrected chi connectivity index (χ0v) is 23.7. The maximum absolute atomic E-state index is 10.8. The highest BCUT2D eigenvalue weighted by molar-refractivity contribution is 5.74. The van der Waals surface area contributed by atoms with Gasteiger partial charge in [-0.1, -0.05) is 43.6 Å². The number of hydrogen-bond donors (Lipinski definition) is 3. The van der Waals surface area contributed by atoms with Gasteiger partial charge in [0.2, 0.25) is 0 Å². The summed E-state index contributed by atoms with van der Waals surface area (Å²) in [5.41, 5.74) is 3.35. The lowest BCUT2D eigenvalue weighted by Gasteiger charge is -2.56. The minimum atomic E-state index is -0.852. The van der Waals surface area contributed by atoms with Gasteiger partial charge in [0.1, 0.15) is 23.7 Å². The largest absolute Gasteiger partial charge is 0.507 e. The van der Waals surface area contributed by atoms with Crippen molar-refractivity contribution in [2.45, 2.75) is 71.7 Å². The molecule has 0 saturated heterocycles. The minimum absolute atomic E-state index is 0.000922. The predicted octanol–water partition coefficient (Wildman–Crippen LogP) is 5.55. The highest BCUT2D eigenvalue weighted by atomic mass is 16.5. The van der Waals surface area contributed by atoms with Crippen molar-refractivity contribution < 1.29 is 29.5 Å². The Hall–Kier alpha value is -3.40. The molecular formula is C33H40O6. The first-order valence-corrected chi connectivity index (χ1v) is 13.4. The number of hydrogen-bond acceptors (Lipinski definition) is 6. The van der Waals surface area contributed by atoms with Gasteiger partial charge >= 0.3 is 0 Å². The lowest BCUT2D eigenvalue weighted by atomic mass is 9.57. The second kappa shape index (κ2) is 11.0. The van der Waals surface area contributed by atoms with Crippen molar-refractivity contribution >= 4 is 12.2 Å². The molecule has 0 radical (unpaired) electrons. The zero-order chi connectivity index (χ0) is 28.5. The number of aromatic hydroxyl groups is 1. The monoisotopic (exact) mass is 532 g/mol. The molecule has 0 spiro atoms. The standard InChI is InChI=1S/C33H40O6/c1-8-13-38-27-16-22(15-25(34)24(27)12-9-20(2)3)11-10-21-14-23-18-29-32(4,5)31(36)26(35)19-33(29,6)39-30(23)28(17-21)37-7/h1,9-11,14-17,26,29,31,34-36H,12-13,18-19H2,2-7H3/b11-10+/t26-,29-,31-,33-/m1/s1. The summed E-state index contributed by atoms with van der Waals surface area (Å²) < 4.78 is 18.0. The molecule has 0 bridgehead atoms. The second-order valence-electron chi connectivity index (χ2n) is 11.7. The molecule has 6 heteroatoms. The first-order valence-electron chi connectivity index (χ1n) is 13.4. The van der Waals surface area contributed by atoms with Crippen LogP contribution in [-0.2, 0) is 12.8 Å². The van der Waals surface area contributed by atoms with E-state index in [0.717, 1.165) is 22.3 Å². The Morgan fingerprint density at radius 1 is 1.10 bits per heavy atom. The van der Waals surface area contributed by atoms with E-state index in [9.17, 15) is 15.3 Å². The Balaban J connectivity index is 1.68. The van der Waals surface area contributed by atoms with Gasteiger partial charge < -0.3 is 29.5 Å². The Morgan fingerprint density at radius 3 is 2.41 bits per heavy atom. The fourth-order valence-corrected chi connectivity index (χ4v) is 6.10. The summed E-state index contributed by atoms with van der Waals surface area (Å²) in [6, 6.07) is 7.58. The van der Waals surface area contributed by atoms with Gasteiger partial charge in [-0.2, -0.15) is 0 Å². The van der Waals surface area contributed by atoms with E-state index < -0.39 is 23.2 Å². The Morgan fingerprint density at radius 2 is 1.77 bits per heavy atom. The highest BCUT2D eigenvalue weighted by Crippen LogP contribution is 2.55. The third-order valence-electron chi connectivity index (χ3n) is 8.21. The molecule has 4 rings (SSSR count). The van der Waals surface area contributed by atoms with Crippen LogP contribution in [0.3, 0.4) is 0 Å². The number of fused-ring (bicyclic) bond motifs is 2. The molecule has 1 aliphatic carbocycles. The number of aliphatic hydroxyl groups excluding tert-OH is 2. The van der Waals surface area contributed by atoms with Gasteiger partial charge in [0.15, 0.2) is 11.5 Å². The lowest BCUT2D eigenvalue weighted by Crippen LogP contribution is -2.63. The second-order valence-corrected chi connectivity index (χ2v) is 11.7. The van der Waals surface area contributed by atoms with Crippen LogP contribution in [0.15, 0.2) is 35.9 Å². The average molecular weight is 533 g/mol. The summed E-state index contributed by atoms with van der Waals surface area (Å²) in [5.74, 6) is 4.49. The topological polar surface area (TPSA) is 88.4 Å². The van der Waals surface area contributed by atoms with Crippen molar-refractivity contribution in [2.75, 3.05) is 13.7 Å². The Labute approximate surface area is 231 Å². The molecule has 208 valence electrons. The summed E-state index contributed by atoms with van der Waals surface area (Å²) in [6.45, 7) is 10.1. The zero-order valence-electron chi connectivity index (χ0n) is 23.7. The molecule has 1 aliphatic heterocycles. The van der Waals surface area contributed by atoms with Gasteiger partial charge in [0.25, 0.3) is 0 Å². The molecule has 1 fully saturated rings. The van der Waals surface area contributed by atoms with Crippen molar-refractivity contribution in [1.82, 2.24) is 0 Å². The van der Waals surface area contributed by atoms with E-state index in [1.807, 2.05) is 65.0 Å². The SMILES string of the molecule is C#CCOc1cc(/C=C/c2cc3c(c(OC)c2)O[C@]2(C)C[C@@H](O)[C@@H](O)C(C)(C)[C@H]2C3)cc(O)c1CC=C(C)C. The molecule has 1 heterocycles. The molecule has 6 nitrogen and oxygen atoms in total. The number of rotatable bonds is 7. The number of phenols is 1. The molecule has 4 atom stereocenters. The fourth-order valence-electron chi connectivity index (χ4n) is 6.10. The molecule has 2 aliphatic rings. The molecule has 2 aromatic rings. The van der Waals surface area contributed by atoms with E-state index in [0.29, 0.717) is 42.1 Å². The number of ether oxygens (including phenoxy) is 3. The Kier molecular flexibility index (Phi) is 8.07. The van der Waals surface area contributed by atoms with E-state index in [1.165, 1.54) is 0 Å². The normalized spacial score (nSPS) is 25.2. The van der Waals surface area contributed by atoms with E-state index in [2.05, 4.69) is 12.0 Å². The number of methoxy groups -OCH3 is 1. The minimum Gasteiger partial charge on any atom is -0.507 e. The number of aliphatic hydroxyl groups is 2. The number of phenolic OH excluding ortho intramolecular Hbond substituents is 1. The van der Waals surface area contributed by atoms with Crippen LogP contribution < -0.4 is 14.2 Å². The molecule has 0 amide bonds. The average Bonchev–Trinajstić information content (AvgIpc) is 2.87. The van der Waals surface area contributed by atoms with E-state index >= 15 is 0 Å². The maximum atomic E-state index is 10.8. The fraction of sp³-hybridized carbons (Fsp3) is 0.455. The lowest BCUT2D eigenvalue weighted by molar-refractivity contribution is -0.187. The van der Waals surface area contributed by atoms with E-state index in [-0.39, 0.29) is 18.3 Å². The first-order chi connectivity index (χ1) is 18.4. The van der Waals surface area contributed by atoms with E-state index in [1.54, 1.807) is 13.2 Å². The van der Waals surface area contributed by atoms with Crippen LogP contribution >= 0.6 is 0 Å². The van der Waals surface area contributed by atoms with Gasteiger partial charge in [0, 0.05) is 23.3 Å². The third kappa shape index (κ3) is 5.66. The van der Waals surface area contributed by atoms with Gasteiger partial charge in [-0.25, -0.2) is 0 Å². The number of allylic oxidation sites excluding steroid dienone is 2. The van der Waals surface area contributed by atoms with E-state index in [4.69, 9.17) is 20.6 Å². The first kappa shape index (κ1) is 28.6. The summed E-state index contributed by atoms with van der Waals surface area (Å²) in [6.07, 6.45) is 11.2. The molecule has 3 N–H and O–H groups in total. The van der Waals surface area contributed by atoms with Crippen molar-refractivity contribution in [3.63, 3.8) is 0 Å². The Bertz CT molecular complexity index is 1330. The third-order valence-corrected chi connectivity index (χ3v) is 8.21. The van der Waals surface area contributed by atoms with Crippen LogP contribution in [0, 0.1) is 23.7 Å². The maximum Gasteiger partial charge on any atom is 0.165 e. The quantitative estimate of drug-likeness (QED) is 0.246. The van der Waals surface area contributed by atoms with Crippen LogP contribution in [-0.4, -0.2) is 46.8 Å². The van der Waals surface area contributed by atoms with Crippen LogP contribution in [0.5, 0.6) is 23.0 Å². The molecule has 1 saturated carbocycles. The molecule has 0 aromatic heterocycles.